The third-order valence-electron chi connectivity index (χ3n) is 4.80. The third kappa shape index (κ3) is 4.37. The smallest absolute Gasteiger partial charge is 0.248 e. The molecule has 0 aliphatic carbocycles. The van der Waals surface area contributed by atoms with Gasteiger partial charge in [-0.15, -0.1) is 0 Å². The van der Waals surface area contributed by atoms with Gasteiger partial charge in [0.05, 0.1) is 6.61 Å². The van der Waals surface area contributed by atoms with Gasteiger partial charge in [-0.25, -0.2) is 9.97 Å². The predicted molar refractivity (Wildman–Crippen MR) is 106 cm³/mol. The number of hydrogen-bond donors (Lipinski definition) is 0. The Morgan fingerprint density at radius 3 is 2.39 bits per heavy atom. The first kappa shape index (κ1) is 18.2. The first-order valence-electron chi connectivity index (χ1n) is 9.39. The maximum absolute atomic E-state index is 12.4. The molecule has 3 heterocycles. The van der Waals surface area contributed by atoms with E-state index < -0.39 is 0 Å². The number of piperazine rings is 1. The van der Waals surface area contributed by atoms with Crippen molar-refractivity contribution in [1.82, 2.24) is 19.4 Å². The zero-order chi connectivity index (χ0) is 19.2. The molecule has 1 aromatic carbocycles. The number of carbonyl (C=O) groups is 1. The van der Waals surface area contributed by atoms with Gasteiger partial charge in [0.25, 0.3) is 0 Å². The van der Waals surface area contributed by atoms with Gasteiger partial charge in [-0.3, -0.25) is 4.79 Å². The lowest BCUT2D eigenvalue weighted by molar-refractivity contribution is -0.136. The standard InChI is InChI=1S/C21H23N5O2/c27-21(16-28-15-18-6-2-1-3-7-18)26-12-10-25(11-13-26)20-14-19(22-17-23-20)24-8-4-5-9-24/h1-9,14,17H,10-13,15-16H2. The van der Waals surface area contributed by atoms with Crippen molar-refractivity contribution in [3.8, 4) is 5.82 Å². The van der Waals surface area contributed by atoms with Gasteiger partial charge >= 0.3 is 0 Å². The summed E-state index contributed by atoms with van der Waals surface area (Å²) in [5.74, 6) is 1.75. The molecule has 0 unspecified atom stereocenters. The maximum atomic E-state index is 12.4. The highest BCUT2D eigenvalue weighted by Gasteiger charge is 2.22. The van der Waals surface area contributed by atoms with Crippen LogP contribution in [0, 0.1) is 0 Å². The molecule has 144 valence electrons. The molecule has 0 saturated carbocycles. The normalized spacial score (nSPS) is 14.3. The van der Waals surface area contributed by atoms with Crippen LogP contribution >= 0.6 is 0 Å². The summed E-state index contributed by atoms with van der Waals surface area (Å²) in [5, 5.41) is 0. The lowest BCUT2D eigenvalue weighted by atomic mass is 10.2. The summed E-state index contributed by atoms with van der Waals surface area (Å²) < 4.78 is 7.53. The Labute approximate surface area is 164 Å². The monoisotopic (exact) mass is 377 g/mol. The Hall–Kier alpha value is -3.19. The van der Waals surface area contributed by atoms with Crippen molar-refractivity contribution in [2.45, 2.75) is 6.61 Å². The number of amides is 1. The van der Waals surface area contributed by atoms with Crippen LogP contribution in [0.2, 0.25) is 0 Å². The van der Waals surface area contributed by atoms with E-state index in [1.807, 2.05) is 70.4 Å². The van der Waals surface area contributed by atoms with Gasteiger partial charge in [0, 0.05) is 44.6 Å². The average molecular weight is 377 g/mol. The maximum Gasteiger partial charge on any atom is 0.248 e. The molecule has 1 amide bonds. The van der Waals surface area contributed by atoms with E-state index in [1.54, 1.807) is 6.33 Å². The molecular weight excluding hydrogens is 354 g/mol. The number of ether oxygens (including phenoxy) is 1. The molecule has 0 radical (unpaired) electrons. The molecule has 0 atom stereocenters. The van der Waals surface area contributed by atoms with Crippen LogP contribution < -0.4 is 4.90 Å². The Morgan fingerprint density at radius 1 is 0.929 bits per heavy atom. The largest absolute Gasteiger partial charge is 0.367 e. The number of carbonyl (C=O) groups excluding carboxylic acids is 1. The second-order valence-corrected chi connectivity index (χ2v) is 6.67. The van der Waals surface area contributed by atoms with E-state index in [4.69, 9.17) is 4.74 Å². The summed E-state index contributed by atoms with van der Waals surface area (Å²) in [6, 6.07) is 15.8. The summed E-state index contributed by atoms with van der Waals surface area (Å²) in [6.45, 7) is 3.38. The second kappa shape index (κ2) is 8.67. The van der Waals surface area contributed by atoms with E-state index in [0.29, 0.717) is 19.7 Å². The average Bonchev–Trinajstić information content (AvgIpc) is 3.30. The van der Waals surface area contributed by atoms with E-state index in [9.17, 15) is 4.79 Å². The summed E-state index contributed by atoms with van der Waals surface area (Å²) in [4.78, 5) is 25.2. The fourth-order valence-electron chi connectivity index (χ4n) is 3.25. The van der Waals surface area contributed by atoms with E-state index in [2.05, 4.69) is 14.9 Å². The molecule has 0 N–H and O–H groups in total. The molecule has 0 spiro atoms. The van der Waals surface area contributed by atoms with Gasteiger partial charge in [-0.2, -0.15) is 0 Å². The Kier molecular flexibility index (Phi) is 5.63. The third-order valence-corrected chi connectivity index (χ3v) is 4.80. The van der Waals surface area contributed by atoms with Gasteiger partial charge < -0.3 is 19.1 Å². The van der Waals surface area contributed by atoms with Gasteiger partial charge in [-0.1, -0.05) is 30.3 Å². The van der Waals surface area contributed by atoms with Crippen molar-refractivity contribution >= 4 is 11.7 Å². The lowest BCUT2D eigenvalue weighted by Crippen LogP contribution is -2.50. The molecule has 4 rings (SSSR count). The summed E-state index contributed by atoms with van der Waals surface area (Å²) in [5.41, 5.74) is 1.07. The Balaban J connectivity index is 1.27. The number of benzene rings is 1. The summed E-state index contributed by atoms with van der Waals surface area (Å²) in [6.07, 6.45) is 5.50. The SMILES string of the molecule is O=C(COCc1ccccc1)N1CCN(c2cc(-n3cccc3)ncn2)CC1. The minimum Gasteiger partial charge on any atom is -0.367 e. The molecule has 1 fully saturated rings. The molecule has 7 nitrogen and oxygen atoms in total. The first-order valence-corrected chi connectivity index (χ1v) is 9.39. The van der Waals surface area contributed by atoms with Gasteiger partial charge in [0.15, 0.2) is 0 Å². The van der Waals surface area contributed by atoms with Crippen molar-refractivity contribution in [1.29, 1.82) is 0 Å². The molecule has 2 aromatic heterocycles. The van der Waals surface area contributed by atoms with Crippen LogP contribution in [0.3, 0.4) is 0 Å². The lowest BCUT2D eigenvalue weighted by Gasteiger charge is -2.35. The zero-order valence-corrected chi connectivity index (χ0v) is 15.6. The van der Waals surface area contributed by atoms with Crippen molar-refractivity contribution in [3.63, 3.8) is 0 Å². The van der Waals surface area contributed by atoms with Crippen LogP contribution in [0.4, 0.5) is 5.82 Å². The van der Waals surface area contributed by atoms with Gasteiger partial charge in [0.2, 0.25) is 5.91 Å². The second-order valence-electron chi connectivity index (χ2n) is 6.67. The minimum absolute atomic E-state index is 0.0336. The number of nitrogens with zero attached hydrogens (tertiary/aromatic N) is 5. The number of anilines is 1. The van der Waals surface area contributed by atoms with E-state index >= 15 is 0 Å². The van der Waals surface area contributed by atoms with Gasteiger partial charge in [-0.05, 0) is 17.7 Å². The van der Waals surface area contributed by atoms with E-state index in [-0.39, 0.29) is 12.5 Å². The Bertz CT molecular complexity index is 890. The summed E-state index contributed by atoms with van der Waals surface area (Å²) >= 11 is 0. The molecule has 3 aromatic rings. The minimum atomic E-state index is 0.0336. The van der Waals surface area contributed by atoms with Crippen molar-refractivity contribution in [2.75, 3.05) is 37.7 Å². The van der Waals surface area contributed by atoms with Crippen LogP contribution in [-0.4, -0.2) is 58.1 Å². The molecule has 1 saturated heterocycles. The van der Waals surface area contributed by atoms with Crippen LogP contribution in [-0.2, 0) is 16.1 Å². The molecule has 7 heteroatoms. The van der Waals surface area contributed by atoms with Crippen molar-refractivity contribution in [3.05, 3.63) is 72.8 Å². The fraction of sp³-hybridized carbons (Fsp3) is 0.286. The molecule has 0 bridgehead atoms. The highest BCUT2D eigenvalue weighted by molar-refractivity contribution is 5.77. The highest BCUT2D eigenvalue weighted by Crippen LogP contribution is 2.16. The zero-order valence-electron chi connectivity index (χ0n) is 15.6. The molecule has 1 aliphatic heterocycles. The van der Waals surface area contributed by atoms with Crippen LogP contribution in [0.5, 0.6) is 0 Å². The van der Waals surface area contributed by atoms with E-state index in [0.717, 1.165) is 30.3 Å². The highest BCUT2D eigenvalue weighted by atomic mass is 16.5. The number of aromatic nitrogens is 3. The molecular formula is C21H23N5O2. The van der Waals surface area contributed by atoms with Crippen LogP contribution in [0.15, 0.2) is 67.3 Å². The van der Waals surface area contributed by atoms with Crippen LogP contribution in [0.1, 0.15) is 5.56 Å². The molecule has 1 aliphatic rings. The van der Waals surface area contributed by atoms with Gasteiger partial charge in [0.1, 0.15) is 24.6 Å². The number of rotatable bonds is 6. The quantitative estimate of drug-likeness (QED) is 0.659. The molecule has 28 heavy (non-hydrogen) atoms. The van der Waals surface area contributed by atoms with Crippen molar-refractivity contribution < 1.29 is 9.53 Å². The van der Waals surface area contributed by atoms with Crippen LogP contribution in [0.25, 0.3) is 5.82 Å². The fourth-order valence-corrected chi connectivity index (χ4v) is 3.25. The Morgan fingerprint density at radius 2 is 1.64 bits per heavy atom. The summed E-state index contributed by atoms with van der Waals surface area (Å²) in [7, 11) is 0. The van der Waals surface area contributed by atoms with E-state index in [1.165, 1.54) is 0 Å². The topological polar surface area (TPSA) is 63.5 Å². The number of hydrogen-bond acceptors (Lipinski definition) is 5. The van der Waals surface area contributed by atoms with Crippen molar-refractivity contribution in [2.24, 2.45) is 0 Å². The predicted octanol–water partition coefficient (Wildman–Crippen LogP) is 2.13. The first-order chi connectivity index (χ1) is 13.8.